The van der Waals surface area contributed by atoms with E-state index >= 15 is 0 Å². The van der Waals surface area contributed by atoms with Gasteiger partial charge in [-0.3, -0.25) is 0 Å². The molecule has 1 heterocycles. The van der Waals surface area contributed by atoms with Gasteiger partial charge >= 0.3 is 0 Å². The van der Waals surface area contributed by atoms with Crippen molar-refractivity contribution in [3.05, 3.63) is 15.0 Å². The molecule has 0 spiro atoms. The largest absolute Gasteiger partial charge is 0.387 e. The highest BCUT2D eigenvalue weighted by Gasteiger charge is 2.03. The van der Waals surface area contributed by atoms with E-state index in [0.717, 1.165) is 9.61 Å². The molecule has 0 aliphatic carbocycles. The number of aromatic nitrogens is 1. The summed E-state index contributed by atoms with van der Waals surface area (Å²) in [6.07, 6.45) is -0.451. The van der Waals surface area contributed by atoms with Crippen molar-refractivity contribution < 1.29 is 5.11 Å². The summed E-state index contributed by atoms with van der Waals surface area (Å²) in [6, 6.07) is 0. The summed E-state index contributed by atoms with van der Waals surface area (Å²) in [5, 5.41) is 10.8. The summed E-state index contributed by atoms with van der Waals surface area (Å²) in [7, 11) is 0. The molecule has 0 aromatic carbocycles. The minimum absolute atomic E-state index is 0.451. The molecule has 1 rings (SSSR count). The van der Waals surface area contributed by atoms with Crippen molar-refractivity contribution in [2.75, 3.05) is 0 Å². The second-order valence-electron chi connectivity index (χ2n) is 1.70. The average molecular weight is 208 g/mol. The molecule has 0 saturated carbocycles. The fourth-order valence-electron chi connectivity index (χ4n) is 0.455. The van der Waals surface area contributed by atoms with Gasteiger partial charge in [0.05, 0.1) is 11.8 Å². The Hall–Kier alpha value is 0.0700. The van der Waals surface area contributed by atoms with Crippen LogP contribution in [-0.2, 0) is 0 Å². The quantitative estimate of drug-likeness (QED) is 0.765. The van der Waals surface area contributed by atoms with E-state index in [2.05, 4.69) is 20.9 Å². The molecular formula is C5H6BrNOS. The van der Waals surface area contributed by atoms with E-state index in [-0.39, 0.29) is 0 Å². The Morgan fingerprint density at radius 2 is 2.56 bits per heavy atom. The molecule has 0 fully saturated rings. The predicted molar refractivity (Wildman–Crippen MR) is 40.4 cm³/mol. The molecule has 0 amide bonds. The SMILES string of the molecule is C[C@H](O)c1csc(Br)n1. The molecule has 0 aliphatic heterocycles. The predicted octanol–water partition coefficient (Wildman–Crippen LogP) is 1.96. The van der Waals surface area contributed by atoms with Gasteiger partial charge in [-0.25, -0.2) is 4.98 Å². The number of aliphatic hydroxyl groups excluding tert-OH is 1. The van der Waals surface area contributed by atoms with Crippen LogP contribution in [0.4, 0.5) is 0 Å². The minimum Gasteiger partial charge on any atom is -0.387 e. The van der Waals surface area contributed by atoms with Gasteiger partial charge in [-0.15, -0.1) is 11.3 Å². The minimum atomic E-state index is -0.451. The third-order valence-corrected chi connectivity index (χ3v) is 2.31. The molecule has 0 aliphatic rings. The first kappa shape index (κ1) is 7.18. The number of nitrogens with zero attached hydrogens (tertiary/aromatic N) is 1. The van der Waals surface area contributed by atoms with Crippen LogP contribution in [0.1, 0.15) is 18.7 Å². The molecule has 9 heavy (non-hydrogen) atoms. The lowest BCUT2D eigenvalue weighted by atomic mass is 10.3. The number of thiazole rings is 1. The first-order valence-corrected chi connectivity index (χ1v) is 4.16. The third kappa shape index (κ3) is 1.74. The van der Waals surface area contributed by atoms with Gasteiger partial charge in [-0.2, -0.15) is 0 Å². The third-order valence-electron chi connectivity index (χ3n) is 0.922. The zero-order valence-electron chi connectivity index (χ0n) is 4.84. The van der Waals surface area contributed by atoms with Crippen molar-refractivity contribution in [1.29, 1.82) is 0 Å². The zero-order chi connectivity index (χ0) is 6.85. The van der Waals surface area contributed by atoms with Crippen molar-refractivity contribution >= 4 is 27.3 Å². The molecule has 0 unspecified atom stereocenters. The summed E-state index contributed by atoms with van der Waals surface area (Å²) in [5.41, 5.74) is 0.729. The van der Waals surface area contributed by atoms with Crippen LogP contribution in [0.3, 0.4) is 0 Å². The van der Waals surface area contributed by atoms with Gasteiger partial charge < -0.3 is 5.11 Å². The molecule has 1 atom stereocenters. The summed E-state index contributed by atoms with van der Waals surface area (Å²) < 4.78 is 0.818. The van der Waals surface area contributed by atoms with Crippen molar-refractivity contribution in [2.24, 2.45) is 0 Å². The van der Waals surface area contributed by atoms with Crippen LogP contribution in [0.5, 0.6) is 0 Å². The summed E-state index contributed by atoms with van der Waals surface area (Å²) in [6.45, 7) is 1.70. The molecule has 1 aromatic rings. The van der Waals surface area contributed by atoms with Crippen LogP contribution in [0.15, 0.2) is 9.30 Å². The lowest BCUT2D eigenvalue weighted by Crippen LogP contribution is -1.89. The molecule has 0 bridgehead atoms. The highest BCUT2D eigenvalue weighted by atomic mass is 79.9. The topological polar surface area (TPSA) is 33.1 Å². The Bertz CT molecular complexity index is 199. The Morgan fingerprint density at radius 1 is 1.89 bits per heavy atom. The zero-order valence-corrected chi connectivity index (χ0v) is 7.24. The number of halogens is 1. The van der Waals surface area contributed by atoms with Gasteiger partial charge in [-0.1, -0.05) is 0 Å². The van der Waals surface area contributed by atoms with Gasteiger partial charge in [0.2, 0.25) is 0 Å². The maximum atomic E-state index is 8.96. The smallest absolute Gasteiger partial charge is 0.159 e. The van der Waals surface area contributed by atoms with E-state index in [9.17, 15) is 0 Å². The van der Waals surface area contributed by atoms with Crippen LogP contribution in [0, 0.1) is 0 Å². The fourth-order valence-corrected chi connectivity index (χ4v) is 1.57. The molecule has 0 saturated heterocycles. The molecule has 1 aromatic heterocycles. The summed E-state index contributed by atoms with van der Waals surface area (Å²) >= 11 is 4.68. The maximum absolute atomic E-state index is 8.96. The Morgan fingerprint density at radius 3 is 2.78 bits per heavy atom. The lowest BCUT2D eigenvalue weighted by molar-refractivity contribution is 0.195. The highest BCUT2D eigenvalue weighted by Crippen LogP contribution is 2.19. The normalized spacial score (nSPS) is 13.7. The molecule has 50 valence electrons. The Kier molecular flexibility index (Phi) is 2.21. The molecule has 4 heteroatoms. The Balaban J connectivity index is 2.85. The molecule has 0 radical (unpaired) electrons. The second-order valence-corrected chi connectivity index (χ2v) is 3.84. The summed E-state index contributed by atoms with van der Waals surface area (Å²) in [4.78, 5) is 4.00. The van der Waals surface area contributed by atoms with Crippen LogP contribution in [0.25, 0.3) is 0 Å². The van der Waals surface area contributed by atoms with E-state index < -0.39 is 6.10 Å². The number of hydrogen-bond donors (Lipinski definition) is 1. The van der Waals surface area contributed by atoms with Crippen LogP contribution < -0.4 is 0 Å². The highest BCUT2D eigenvalue weighted by molar-refractivity contribution is 9.11. The number of hydrogen-bond acceptors (Lipinski definition) is 3. The van der Waals surface area contributed by atoms with Gasteiger partial charge in [0.25, 0.3) is 0 Å². The second kappa shape index (κ2) is 2.77. The molecule has 2 nitrogen and oxygen atoms in total. The van der Waals surface area contributed by atoms with Gasteiger partial charge in [0.15, 0.2) is 3.92 Å². The van der Waals surface area contributed by atoms with E-state index in [0.29, 0.717) is 0 Å². The Labute approximate surface area is 65.7 Å². The van der Waals surface area contributed by atoms with E-state index in [1.165, 1.54) is 11.3 Å². The first-order chi connectivity index (χ1) is 4.20. The van der Waals surface area contributed by atoms with Crippen LogP contribution in [-0.4, -0.2) is 10.1 Å². The van der Waals surface area contributed by atoms with E-state index in [1.807, 2.05) is 5.38 Å². The van der Waals surface area contributed by atoms with Gasteiger partial charge in [-0.05, 0) is 22.9 Å². The fraction of sp³-hybridized carbons (Fsp3) is 0.400. The van der Waals surface area contributed by atoms with E-state index in [4.69, 9.17) is 5.11 Å². The van der Waals surface area contributed by atoms with Crippen molar-refractivity contribution in [1.82, 2.24) is 4.98 Å². The first-order valence-electron chi connectivity index (χ1n) is 2.49. The molecular weight excluding hydrogens is 202 g/mol. The van der Waals surface area contributed by atoms with Gasteiger partial charge in [0.1, 0.15) is 0 Å². The van der Waals surface area contributed by atoms with Gasteiger partial charge in [0, 0.05) is 5.38 Å². The monoisotopic (exact) mass is 207 g/mol. The maximum Gasteiger partial charge on any atom is 0.159 e. The van der Waals surface area contributed by atoms with Crippen molar-refractivity contribution in [3.8, 4) is 0 Å². The average Bonchev–Trinajstić information content (AvgIpc) is 2.14. The van der Waals surface area contributed by atoms with Crippen molar-refractivity contribution in [3.63, 3.8) is 0 Å². The number of aliphatic hydroxyl groups is 1. The number of rotatable bonds is 1. The standard InChI is InChI=1S/C5H6BrNOS/c1-3(8)4-2-9-5(6)7-4/h2-3,8H,1H3/t3-/m0/s1. The summed E-state index contributed by atoms with van der Waals surface area (Å²) in [5.74, 6) is 0. The van der Waals surface area contributed by atoms with E-state index in [1.54, 1.807) is 6.92 Å². The molecule has 1 N–H and O–H groups in total. The van der Waals surface area contributed by atoms with Crippen LogP contribution >= 0.6 is 27.3 Å². The lowest BCUT2D eigenvalue weighted by Gasteiger charge is -1.94. The van der Waals surface area contributed by atoms with Crippen LogP contribution in [0.2, 0.25) is 0 Å². The van der Waals surface area contributed by atoms with Crippen molar-refractivity contribution in [2.45, 2.75) is 13.0 Å².